The summed E-state index contributed by atoms with van der Waals surface area (Å²) >= 11 is 0. The minimum Gasteiger partial charge on any atom is -0.392 e. The maximum absolute atomic E-state index is 13.9. The van der Waals surface area contributed by atoms with E-state index in [9.17, 15) is 23.1 Å². The highest BCUT2D eigenvalue weighted by Gasteiger charge is 2.43. The van der Waals surface area contributed by atoms with Crippen LogP contribution in [0.2, 0.25) is 0 Å². The van der Waals surface area contributed by atoms with E-state index in [-0.39, 0.29) is 23.1 Å². The van der Waals surface area contributed by atoms with E-state index in [1.54, 1.807) is 11.0 Å². The van der Waals surface area contributed by atoms with E-state index in [2.05, 4.69) is 10.2 Å². The lowest BCUT2D eigenvalue weighted by Crippen LogP contribution is -2.48. The molecule has 1 aliphatic carbocycles. The quantitative estimate of drug-likeness (QED) is 0.595. The normalized spacial score (nSPS) is 23.7. The maximum atomic E-state index is 13.9. The van der Waals surface area contributed by atoms with Crippen LogP contribution in [-0.4, -0.2) is 66.2 Å². The molecule has 0 radical (unpaired) electrons. The number of allylic oxidation sites excluding steroid dienone is 3. The van der Waals surface area contributed by atoms with Crippen LogP contribution in [0.15, 0.2) is 47.4 Å². The zero-order valence-electron chi connectivity index (χ0n) is 20.5. The van der Waals surface area contributed by atoms with Gasteiger partial charge in [0.2, 0.25) is 5.91 Å². The molecule has 1 aromatic rings. The lowest BCUT2D eigenvalue weighted by Gasteiger charge is -2.42. The lowest BCUT2D eigenvalue weighted by atomic mass is 9.72. The van der Waals surface area contributed by atoms with Crippen LogP contribution in [0.5, 0.6) is 0 Å². The number of fused-ring (bicyclic) bond motifs is 1. The molecule has 1 aromatic carbocycles. The van der Waals surface area contributed by atoms with Gasteiger partial charge in [-0.1, -0.05) is 0 Å². The van der Waals surface area contributed by atoms with E-state index in [0.29, 0.717) is 31.6 Å². The molecule has 0 aromatic heterocycles. The Morgan fingerprint density at radius 1 is 1.08 bits per heavy atom. The molecule has 1 spiro atoms. The Balaban J connectivity index is 1.08. The number of aliphatic hydroxyl groups is 1. The summed E-state index contributed by atoms with van der Waals surface area (Å²) in [4.78, 5) is 16.6. The standard InChI is InChI=1S/C28H34F3N3O2/c29-21-2-3-25-24(16-21)28(18-32-25)7-11-33(12-8-28)17-26(35)20-5-9-34(10-6-20)27(36)4-1-19-13-22(30)15-23(31)14-19/h1,4,13-16,20,26,32,35H,2-3,5-12,17-18H2/b4-1+. The Kier molecular flexibility index (Phi) is 7.26. The van der Waals surface area contributed by atoms with Crippen LogP contribution in [0.1, 0.15) is 44.1 Å². The monoisotopic (exact) mass is 501 g/mol. The fourth-order valence-corrected chi connectivity index (χ4v) is 6.20. The minimum absolute atomic E-state index is 0.0159. The van der Waals surface area contributed by atoms with Gasteiger partial charge in [0.15, 0.2) is 0 Å². The van der Waals surface area contributed by atoms with Crippen molar-refractivity contribution in [2.24, 2.45) is 11.3 Å². The SMILES string of the molecule is O=C(/C=C/c1cc(F)cc(F)c1)N1CCC(C(O)CN2CCC3(CC2)CNC2=C3C=C(F)CC2)CC1. The number of amides is 1. The first-order chi connectivity index (χ1) is 17.3. The molecular formula is C28H34F3N3O2. The topological polar surface area (TPSA) is 55.8 Å². The number of halogens is 3. The van der Waals surface area contributed by atoms with Crippen molar-refractivity contribution in [1.82, 2.24) is 15.1 Å². The number of piperidine rings is 2. The molecule has 2 saturated heterocycles. The van der Waals surface area contributed by atoms with E-state index in [1.165, 1.54) is 35.6 Å². The van der Waals surface area contributed by atoms with Gasteiger partial charge in [-0.3, -0.25) is 4.79 Å². The van der Waals surface area contributed by atoms with Crippen LogP contribution in [0.25, 0.3) is 6.08 Å². The van der Waals surface area contributed by atoms with Crippen molar-refractivity contribution in [2.75, 3.05) is 39.3 Å². The van der Waals surface area contributed by atoms with Crippen LogP contribution < -0.4 is 5.32 Å². The molecule has 194 valence electrons. The fourth-order valence-electron chi connectivity index (χ4n) is 6.20. The van der Waals surface area contributed by atoms with Crippen LogP contribution in [0.3, 0.4) is 0 Å². The molecule has 1 atom stereocenters. The number of hydrogen-bond acceptors (Lipinski definition) is 4. The third-order valence-electron chi connectivity index (χ3n) is 8.41. The Labute approximate surface area is 210 Å². The second kappa shape index (κ2) is 10.4. The number of nitrogens with one attached hydrogen (secondary N) is 1. The highest BCUT2D eigenvalue weighted by Crippen LogP contribution is 2.47. The number of benzene rings is 1. The van der Waals surface area contributed by atoms with Crippen LogP contribution in [-0.2, 0) is 4.79 Å². The van der Waals surface area contributed by atoms with Gasteiger partial charge >= 0.3 is 0 Å². The van der Waals surface area contributed by atoms with Gasteiger partial charge in [-0.15, -0.1) is 0 Å². The van der Waals surface area contributed by atoms with Gasteiger partial charge in [0.25, 0.3) is 0 Å². The molecule has 0 bridgehead atoms. The first-order valence-electron chi connectivity index (χ1n) is 13.0. The molecule has 4 aliphatic rings. The first-order valence-corrected chi connectivity index (χ1v) is 13.0. The molecule has 1 unspecified atom stereocenters. The molecular weight excluding hydrogens is 467 g/mol. The minimum atomic E-state index is -0.678. The third-order valence-corrected chi connectivity index (χ3v) is 8.41. The third kappa shape index (κ3) is 5.39. The molecule has 8 heteroatoms. The highest BCUT2D eigenvalue weighted by atomic mass is 19.1. The van der Waals surface area contributed by atoms with Crippen molar-refractivity contribution in [3.63, 3.8) is 0 Å². The Morgan fingerprint density at radius 2 is 1.78 bits per heavy atom. The van der Waals surface area contributed by atoms with Crippen molar-refractivity contribution in [3.8, 4) is 0 Å². The van der Waals surface area contributed by atoms with Crippen molar-refractivity contribution in [2.45, 2.75) is 44.6 Å². The summed E-state index contributed by atoms with van der Waals surface area (Å²) in [6.45, 7) is 4.36. The smallest absolute Gasteiger partial charge is 0.246 e. The van der Waals surface area contributed by atoms with E-state index in [0.717, 1.165) is 57.8 Å². The number of nitrogens with zero attached hydrogens (tertiary/aromatic N) is 2. The summed E-state index contributed by atoms with van der Waals surface area (Å²) in [6, 6.07) is 3.16. The molecule has 2 fully saturated rings. The van der Waals surface area contributed by atoms with Gasteiger partial charge < -0.3 is 20.2 Å². The molecule has 5 nitrogen and oxygen atoms in total. The summed E-state index contributed by atoms with van der Waals surface area (Å²) < 4.78 is 40.6. The largest absolute Gasteiger partial charge is 0.392 e. The summed E-state index contributed by atoms with van der Waals surface area (Å²) in [5.74, 6) is -1.44. The highest BCUT2D eigenvalue weighted by molar-refractivity contribution is 5.91. The lowest BCUT2D eigenvalue weighted by molar-refractivity contribution is -0.128. The van der Waals surface area contributed by atoms with Crippen molar-refractivity contribution < 1.29 is 23.1 Å². The number of aliphatic hydroxyl groups excluding tert-OH is 1. The average molecular weight is 502 g/mol. The second-order valence-corrected chi connectivity index (χ2v) is 10.7. The summed E-state index contributed by atoms with van der Waals surface area (Å²) in [5, 5.41) is 14.4. The first kappa shape index (κ1) is 25.1. The van der Waals surface area contributed by atoms with Crippen molar-refractivity contribution >= 4 is 12.0 Å². The zero-order valence-corrected chi connectivity index (χ0v) is 20.5. The molecule has 36 heavy (non-hydrogen) atoms. The van der Waals surface area contributed by atoms with Gasteiger partial charge in [0.1, 0.15) is 17.5 Å². The summed E-state index contributed by atoms with van der Waals surface area (Å²) in [5.41, 5.74) is 2.70. The van der Waals surface area contributed by atoms with Crippen molar-refractivity contribution in [1.29, 1.82) is 0 Å². The average Bonchev–Trinajstić information content (AvgIpc) is 3.20. The Hall–Kier alpha value is -2.58. The Bertz CT molecular complexity index is 1060. The fraction of sp³-hybridized carbons (Fsp3) is 0.536. The number of carbonyl (C=O) groups is 1. The van der Waals surface area contributed by atoms with Gasteiger partial charge in [0, 0.05) is 55.9 Å². The maximum Gasteiger partial charge on any atom is 0.246 e. The van der Waals surface area contributed by atoms with E-state index in [1.807, 2.05) is 0 Å². The second-order valence-electron chi connectivity index (χ2n) is 10.7. The van der Waals surface area contributed by atoms with E-state index in [4.69, 9.17) is 0 Å². The van der Waals surface area contributed by atoms with Gasteiger partial charge in [0.05, 0.1) is 6.10 Å². The van der Waals surface area contributed by atoms with Gasteiger partial charge in [-0.2, -0.15) is 0 Å². The number of β-amino-alcohol motifs (C(OH)–C–C–N with tert-alkyl or cyclic N) is 1. The molecule has 3 heterocycles. The zero-order chi connectivity index (χ0) is 25.3. The Morgan fingerprint density at radius 3 is 2.47 bits per heavy atom. The number of hydrogen-bond donors (Lipinski definition) is 2. The summed E-state index contributed by atoms with van der Waals surface area (Å²) in [7, 11) is 0. The van der Waals surface area contributed by atoms with E-state index < -0.39 is 17.7 Å². The van der Waals surface area contributed by atoms with Crippen LogP contribution in [0, 0.1) is 23.0 Å². The number of likely N-dealkylation sites (tertiary alicyclic amines) is 2. The predicted molar refractivity (Wildman–Crippen MR) is 132 cm³/mol. The summed E-state index contributed by atoms with van der Waals surface area (Å²) in [6.07, 6.45) is 8.70. The predicted octanol–water partition coefficient (Wildman–Crippen LogP) is 4.16. The molecule has 0 saturated carbocycles. The van der Waals surface area contributed by atoms with Gasteiger partial charge in [-0.25, -0.2) is 13.2 Å². The molecule has 3 aliphatic heterocycles. The molecule has 1 amide bonds. The van der Waals surface area contributed by atoms with Crippen molar-refractivity contribution in [3.05, 3.63) is 64.6 Å². The number of carbonyl (C=O) groups excluding carboxylic acids is 1. The number of rotatable bonds is 5. The molecule has 2 N–H and O–H groups in total. The van der Waals surface area contributed by atoms with Crippen LogP contribution >= 0.6 is 0 Å². The van der Waals surface area contributed by atoms with E-state index >= 15 is 0 Å². The molecule has 5 rings (SSSR count). The van der Waals surface area contributed by atoms with Crippen LogP contribution in [0.4, 0.5) is 13.2 Å². The van der Waals surface area contributed by atoms with Gasteiger partial charge in [-0.05, 0) is 86.5 Å².